The zero-order valence-electron chi connectivity index (χ0n) is 5.03. The Kier molecular flexibility index (Phi) is 1.42. The van der Waals surface area contributed by atoms with Crippen LogP contribution in [0.3, 0.4) is 0 Å². The van der Waals surface area contributed by atoms with Crippen LogP contribution in [0.15, 0.2) is 17.2 Å². The predicted molar refractivity (Wildman–Crippen MR) is 36.6 cm³/mol. The molecule has 0 atom stereocenters. The standard InChI is InChI=1S/C4H7N3O2S/c5-4-1-3(2-7-4)10(6,8)9/h1-2,7H,5H2,(H2,6,8,9). The Balaban J connectivity index is 3.21. The third kappa shape index (κ3) is 1.28. The largest absolute Gasteiger partial charge is 0.385 e. The third-order valence-corrected chi connectivity index (χ3v) is 1.90. The van der Waals surface area contributed by atoms with E-state index in [1.165, 1.54) is 12.3 Å². The van der Waals surface area contributed by atoms with Crippen LogP contribution in [0.5, 0.6) is 0 Å². The second kappa shape index (κ2) is 1.99. The first-order valence-electron chi connectivity index (χ1n) is 2.47. The maximum atomic E-state index is 10.5. The molecule has 0 amide bonds. The van der Waals surface area contributed by atoms with E-state index in [0.29, 0.717) is 0 Å². The molecule has 1 aromatic heterocycles. The summed E-state index contributed by atoms with van der Waals surface area (Å²) in [7, 11) is -3.59. The molecule has 0 bridgehead atoms. The molecule has 1 aromatic rings. The quantitative estimate of drug-likeness (QED) is 0.504. The van der Waals surface area contributed by atoms with E-state index in [-0.39, 0.29) is 10.7 Å². The smallest absolute Gasteiger partial charge is 0.239 e. The Labute approximate surface area is 58.1 Å². The summed E-state index contributed by atoms with van der Waals surface area (Å²) in [6, 6.07) is 1.26. The maximum Gasteiger partial charge on any atom is 0.239 e. The second-order valence-corrected chi connectivity index (χ2v) is 3.40. The van der Waals surface area contributed by atoms with Gasteiger partial charge in [0.25, 0.3) is 0 Å². The van der Waals surface area contributed by atoms with Crippen molar-refractivity contribution in [3.05, 3.63) is 12.3 Å². The highest BCUT2D eigenvalue weighted by atomic mass is 32.2. The average Bonchev–Trinajstić information content (AvgIpc) is 2.11. The number of nitrogen functional groups attached to an aromatic ring is 1. The topological polar surface area (TPSA) is 102 Å². The summed E-state index contributed by atoms with van der Waals surface area (Å²) in [6.45, 7) is 0. The van der Waals surface area contributed by atoms with Crippen LogP contribution in [0.2, 0.25) is 0 Å². The molecule has 0 unspecified atom stereocenters. The highest BCUT2D eigenvalue weighted by Crippen LogP contribution is 2.08. The van der Waals surface area contributed by atoms with Crippen LogP contribution < -0.4 is 10.9 Å². The van der Waals surface area contributed by atoms with Gasteiger partial charge in [-0.15, -0.1) is 0 Å². The van der Waals surface area contributed by atoms with Crippen LogP contribution in [-0.4, -0.2) is 13.4 Å². The number of aromatic nitrogens is 1. The number of hydrogen-bond acceptors (Lipinski definition) is 3. The predicted octanol–water partition coefficient (Wildman–Crippen LogP) is -0.756. The molecule has 0 aliphatic carbocycles. The molecule has 0 spiro atoms. The van der Waals surface area contributed by atoms with Gasteiger partial charge >= 0.3 is 0 Å². The van der Waals surface area contributed by atoms with Crippen molar-refractivity contribution in [3.63, 3.8) is 0 Å². The first-order chi connectivity index (χ1) is 4.50. The molecular formula is C4H7N3O2S. The molecule has 0 radical (unpaired) electrons. The van der Waals surface area contributed by atoms with Gasteiger partial charge in [-0.2, -0.15) is 0 Å². The number of sulfonamides is 1. The van der Waals surface area contributed by atoms with Gasteiger partial charge in [-0.3, -0.25) is 0 Å². The van der Waals surface area contributed by atoms with Gasteiger partial charge in [0.15, 0.2) is 0 Å². The first-order valence-corrected chi connectivity index (χ1v) is 4.01. The monoisotopic (exact) mass is 161 g/mol. The lowest BCUT2D eigenvalue weighted by Crippen LogP contribution is -2.10. The molecule has 0 aliphatic heterocycles. The first kappa shape index (κ1) is 7.10. The summed E-state index contributed by atoms with van der Waals surface area (Å²) in [6.07, 6.45) is 1.24. The van der Waals surface area contributed by atoms with E-state index < -0.39 is 10.0 Å². The Morgan fingerprint density at radius 1 is 1.50 bits per heavy atom. The van der Waals surface area contributed by atoms with Crippen molar-refractivity contribution >= 4 is 15.8 Å². The molecule has 56 valence electrons. The van der Waals surface area contributed by atoms with Crippen LogP contribution in [0, 0.1) is 0 Å². The molecule has 5 N–H and O–H groups in total. The zero-order chi connectivity index (χ0) is 7.78. The van der Waals surface area contributed by atoms with Crippen LogP contribution in [0.25, 0.3) is 0 Å². The minimum absolute atomic E-state index is 0.00463. The summed E-state index contributed by atoms with van der Waals surface area (Å²) in [4.78, 5) is 2.50. The Bertz CT molecular complexity index is 326. The van der Waals surface area contributed by atoms with E-state index >= 15 is 0 Å². The maximum absolute atomic E-state index is 10.5. The summed E-state index contributed by atoms with van der Waals surface area (Å²) in [5.74, 6) is 0.282. The van der Waals surface area contributed by atoms with Gasteiger partial charge in [0.05, 0.1) is 0 Å². The molecule has 0 fully saturated rings. The number of primary sulfonamides is 1. The minimum Gasteiger partial charge on any atom is -0.385 e. The molecule has 0 saturated heterocycles. The molecule has 0 aromatic carbocycles. The fourth-order valence-electron chi connectivity index (χ4n) is 0.555. The zero-order valence-corrected chi connectivity index (χ0v) is 5.85. The van der Waals surface area contributed by atoms with Crippen molar-refractivity contribution in [2.24, 2.45) is 5.14 Å². The average molecular weight is 161 g/mol. The Morgan fingerprint density at radius 2 is 2.10 bits per heavy atom. The van der Waals surface area contributed by atoms with Crippen LogP contribution in [0.1, 0.15) is 0 Å². The molecule has 10 heavy (non-hydrogen) atoms. The van der Waals surface area contributed by atoms with E-state index in [9.17, 15) is 8.42 Å². The number of H-pyrrole nitrogens is 1. The molecule has 5 nitrogen and oxygen atoms in total. The fourth-order valence-corrected chi connectivity index (χ4v) is 1.07. The molecule has 1 rings (SSSR count). The number of rotatable bonds is 1. The number of hydrogen-bond donors (Lipinski definition) is 3. The van der Waals surface area contributed by atoms with E-state index in [4.69, 9.17) is 10.9 Å². The highest BCUT2D eigenvalue weighted by molar-refractivity contribution is 7.89. The Morgan fingerprint density at radius 3 is 2.30 bits per heavy atom. The van der Waals surface area contributed by atoms with Crippen molar-refractivity contribution < 1.29 is 8.42 Å². The van der Waals surface area contributed by atoms with Gasteiger partial charge in [0.2, 0.25) is 10.0 Å². The van der Waals surface area contributed by atoms with Gasteiger partial charge in [-0.1, -0.05) is 0 Å². The SMILES string of the molecule is Nc1cc(S(N)(=O)=O)c[nH]1. The van der Waals surface area contributed by atoms with Crippen molar-refractivity contribution in [1.29, 1.82) is 0 Å². The second-order valence-electron chi connectivity index (χ2n) is 1.84. The third-order valence-electron chi connectivity index (χ3n) is 1.01. The summed E-state index contributed by atoms with van der Waals surface area (Å²) < 4.78 is 21.1. The lowest BCUT2D eigenvalue weighted by molar-refractivity contribution is 0.598. The van der Waals surface area contributed by atoms with Crippen LogP contribution in [-0.2, 0) is 10.0 Å². The van der Waals surface area contributed by atoms with Crippen LogP contribution in [0.4, 0.5) is 5.82 Å². The summed E-state index contributed by atoms with van der Waals surface area (Å²) in [5, 5.41) is 4.77. The minimum atomic E-state index is -3.59. The molecule has 0 saturated carbocycles. The van der Waals surface area contributed by atoms with Gasteiger partial charge in [-0.25, -0.2) is 13.6 Å². The van der Waals surface area contributed by atoms with Crippen molar-refractivity contribution in [3.8, 4) is 0 Å². The van der Waals surface area contributed by atoms with Crippen LogP contribution >= 0.6 is 0 Å². The van der Waals surface area contributed by atoms with E-state index in [1.54, 1.807) is 0 Å². The van der Waals surface area contributed by atoms with E-state index in [2.05, 4.69) is 4.98 Å². The van der Waals surface area contributed by atoms with Gasteiger partial charge in [-0.05, 0) is 6.07 Å². The number of nitrogens with one attached hydrogen (secondary N) is 1. The molecule has 6 heteroatoms. The summed E-state index contributed by atoms with van der Waals surface area (Å²) in [5.41, 5.74) is 5.20. The molecule has 1 heterocycles. The molecule has 0 aliphatic rings. The van der Waals surface area contributed by atoms with Crippen molar-refractivity contribution in [2.45, 2.75) is 4.90 Å². The molecular weight excluding hydrogens is 154 g/mol. The Hall–Kier alpha value is -1.01. The number of anilines is 1. The van der Waals surface area contributed by atoms with Crippen molar-refractivity contribution in [2.75, 3.05) is 5.73 Å². The fraction of sp³-hybridized carbons (Fsp3) is 0. The van der Waals surface area contributed by atoms with E-state index in [1.807, 2.05) is 0 Å². The highest BCUT2D eigenvalue weighted by Gasteiger charge is 2.07. The number of aromatic amines is 1. The van der Waals surface area contributed by atoms with Crippen molar-refractivity contribution in [1.82, 2.24) is 4.98 Å². The van der Waals surface area contributed by atoms with Gasteiger partial charge < -0.3 is 10.7 Å². The normalized spacial score (nSPS) is 11.7. The summed E-state index contributed by atoms with van der Waals surface area (Å²) >= 11 is 0. The lowest BCUT2D eigenvalue weighted by atomic mass is 10.6. The number of nitrogens with two attached hydrogens (primary N) is 2. The van der Waals surface area contributed by atoms with Gasteiger partial charge in [0.1, 0.15) is 10.7 Å². The van der Waals surface area contributed by atoms with Gasteiger partial charge in [0, 0.05) is 6.20 Å². The van der Waals surface area contributed by atoms with E-state index in [0.717, 1.165) is 0 Å². The lowest BCUT2D eigenvalue weighted by Gasteiger charge is -1.87.